The summed E-state index contributed by atoms with van der Waals surface area (Å²) in [4.78, 5) is 37.5. The summed E-state index contributed by atoms with van der Waals surface area (Å²) >= 11 is 0. The normalized spacial score (nSPS) is 10.1. The molecule has 0 heterocycles. The molecule has 26 heavy (non-hydrogen) atoms. The van der Waals surface area contributed by atoms with Gasteiger partial charge in [0, 0.05) is 12.1 Å². The van der Waals surface area contributed by atoms with Crippen LogP contribution in [-0.4, -0.2) is 43.5 Å². The van der Waals surface area contributed by atoms with E-state index in [1.807, 2.05) is 31.2 Å². The Kier molecular flexibility index (Phi) is 6.49. The summed E-state index contributed by atoms with van der Waals surface area (Å²) in [7, 11) is 2.57. The van der Waals surface area contributed by atoms with Crippen LogP contribution >= 0.6 is 0 Å². The molecule has 0 aliphatic heterocycles. The van der Waals surface area contributed by atoms with Gasteiger partial charge in [0.15, 0.2) is 0 Å². The number of hydrogen-bond acceptors (Lipinski definition) is 5. The lowest BCUT2D eigenvalue weighted by molar-refractivity contribution is -0.141. The van der Waals surface area contributed by atoms with Crippen LogP contribution in [0.4, 0.5) is 0 Å². The Labute approximate surface area is 152 Å². The molecule has 0 saturated carbocycles. The molecule has 0 fully saturated rings. The predicted octanol–water partition coefficient (Wildman–Crippen LogP) is 2.60. The lowest BCUT2D eigenvalue weighted by Gasteiger charge is -2.22. The van der Waals surface area contributed by atoms with E-state index < -0.39 is 11.9 Å². The molecule has 2 aromatic carbocycles. The first-order valence-corrected chi connectivity index (χ1v) is 8.05. The average molecular weight is 355 g/mol. The summed E-state index contributed by atoms with van der Waals surface area (Å²) in [5.41, 5.74) is 2.68. The fourth-order valence-electron chi connectivity index (χ4n) is 2.46. The Morgan fingerprint density at radius 3 is 2.08 bits per heavy atom. The zero-order valence-corrected chi connectivity index (χ0v) is 15.0. The van der Waals surface area contributed by atoms with Gasteiger partial charge in [-0.25, -0.2) is 4.79 Å². The lowest BCUT2D eigenvalue weighted by Crippen LogP contribution is -2.36. The molecule has 0 spiro atoms. The highest BCUT2D eigenvalue weighted by atomic mass is 16.5. The van der Waals surface area contributed by atoms with Gasteiger partial charge in [-0.05, 0) is 42.3 Å². The van der Waals surface area contributed by atoms with Crippen LogP contribution in [0, 0.1) is 6.92 Å². The minimum absolute atomic E-state index is 0.164. The summed E-state index contributed by atoms with van der Waals surface area (Å²) in [6.45, 7) is 2.06. The van der Waals surface area contributed by atoms with Gasteiger partial charge in [0.05, 0.1) is 19.8 Å². The van der Waals surface area contributed by atoms with Crippen LogP contribution in [-0.2, 0) is 20.8 Å². The van der Waals surface area contributed by atoms with Gasteiger partial charge in [0.1, 0.15) is 6.54 Å². The van der Waals surface area contributed by atoms with Crippen molar-refractivity contribution in [3.63, 3.8) is 0 Å². The van der Waals surface area contributed by atoms with E-state index in [9.17, 15) is 14.4 Å². The maximum Gasteiger partial charge on any atom is 0.337 e. The number of ether oxygens (including phenoxy) is 2. The zero-order chi connectivity index (χ0) is 19.1. The SMILES string of the molecule is COC(=O)CN(Cc1ccccc1C)C(=O)c1ccc(C(=O)OC)cc1. The van der Waals surface area contributed by atoms with Crippen LogP contribution in [0.1, 0.15) is 31.8 Å². The molecule has 0 unspecified atom stereocenters. The van der Waals surface area contributed by atoms with Crippen molar-refractivity contribution in [2.45, 2.75) is 13.5 Å². The first kappa shape index (κ1) is 19.2. The first-order chi connectivity index (χ1) is 12.5. The highest BCUT2D eigenvalue weighted by Crippen LogP contribution is 2.15. The monoisotopic (exact) mass is 355 g/mol. The number of carbonyl (C=O) groups excluding carboxylic acids is 3. The molecule has 0 aromatic heterocycles. The number of rotatable bonds is 6. The fraction of sp³-hybridized carbons (Fsp3) is 0.250. The largest absolute Gasteiger partial charge is 0.468 e. The molecule has 2 aromatic rings. The van der Waals surface area contributed by atoms with E-state index in [1.54, 1.807) is 0 Å². The third-order valence-electron chi connectivity index (χ3n) is 4.01. The van der Waals surface area contributed by atoms with Crippen molar-refractivity contribution in [1.82, 2.24) is 4.90 Å². The minimum Gasteiger partial charge on any atom is -0.468 e. The van der Waals surface area contributed by atoms with Gasteiger partial charge in [0.2, 0.25) is 0 Å². The van der Waals surface area contributed by atoms with Crippen molar-refractivity contribution >= 4 is 17.8 Å². The van der Waals surface area contributed by atoms with E-state index in [0.29, 0.717) is 11.1 Å². The number of aryl methyl sites for hydroxylation is 1. The smallest absolute Gasteiger partial charge is 0.337 e. The molecule has 1 amide bonds. The Morgan fingerprint density at radius 2 is 1.50 bits per heavy atom. The van der Waals surface area contributed by atoms with E-state index >= 15 is 0 Å². The average Bonchev–Trinajstić information content (AvgIpc) is 2.67. The topological polar surface area (TPSA) is 72.9 Å². The number of methoxy groups -OCH3 is 2. The second-order valence-corrected chi connectivity index (χ2v) is 5.73. The molecule has 0 atom stereocenters. The predicted molar refractivity (Wildman–Crippen MR) is 95.7 cm³/mol. The standard InChI is InChI=1S/C20H21NO5/c1-14-6-4-5-7-17(14)12-21(13-18(22)25-2)19(23)15-8-10-16(11-9-15)20(24)26-3/h4-11H,12-13H2,1-3H3. The van der Waals surface area contributed by atoms with E-state index in [4.69, 9.17) is 4.74 Å². The number of amides is 1. The molecule has 6 heteroatoms. The van der Waals surface area contributed by atoms with Gasteiger partial charge in [-0.15, -0.1) is 0 Å². The maximum absolute atomic E-state index is 12.9. The Morgan fingerprint density at radius 1 is 0.885 bits per heavy atom. The first-order valence-electron chi connectivity index (χ1n) is 8.05. The molecule has 0 bridgehead atoms. The number of carbonyl (C=O) groups is 3. The van der Waals surface area contributed by atoms with Crippen molar-refractivity contribution < 1.29 is 23.9 Å². The van der Waals surface area contributed by atoms with Gasteiger partial charge < -0.3 is 14.4 Å². The van der Waals surface area contributed by atoms with Gasteiger partial charge in [-0.2, -0.15) is 0 Å². The zero-order valence-electron chi connectivity index (χ0n) is 15.0. The molecule has 6 nitrogen and oxygen atoms in total. The van der Waals surface area contributed by atoms with Gasteiger partial charge in [0.25, 0.3) is 5.91 Å². The van der Waals surface area contributed by atoms with Gasteiger partial charge in [-0.3, -0.25) is 9.59 Å². The second-order valence-electron chi connectivity index (χ2n) is 5.73. The van der Waals surface area contributed by atoms with Crippen molar-refractivity contribution in [2.75, 3.05) is 20.8 Å². The summed E-state index contributed by atoms with van der Waals surface area (Å²) < 4.78 is 9.35. The van der Waals surface area contributed by atoms with Crippen LogP contribution in [0.3, 0.4) is 0 Å². The number of nitrogens with zero attached hydrogens (tertiary/aromatic N) is 1. The molecular weight excluding hydrogens is 334 g/mol. The summed E-state index contributed by atoms with van der Waals surface area (Å²) in [5.74, 6) is -1.30. The molecule has 0 aliphatic carbocycles. The Bertz CT molecular complexity index is 798. The number of benzene rings is 2. The van der Waals surface area contributed by atoms with Crippen molar-refractivity contribution in [3.05, 3.63) is 70.8 Å². The van der Waals surface area contributed by atoms with E-state index in [2.05, 4.69) is 4.74 Å². The fourth-order valence-corrected chi connectivity index (χ4v) is 2.46. The van der Waals surface area contributed by atoms with Crippen LogP contribution in [0.15, 0.2) is 48.5 Å². The quantitative estimate of drug-likeness (QED) is 0.745. The minimum atomic E-state index is -0.502. The van der Waals surface area contributed by atoms with Crippen LogP contribution in [0.25, 0.3) is 0 Å². The van der Waals surface area contributed by atoms with E-state index in [0.717, 1.165) is 11.1 Å². The summed E-state index contributed by atoms with van der Waals surface area (Å²) in [5, 5.41) is 0. The highest BCUT2D eigenvalue weighted by molar-refractivity contribution is 5.97. The molecule has 0 aliphatic rings. The van der Waals surface area contributed by atoms with Crippen molar-refractivity contribution in [1.29, 1.82) is 0 Å². The van der Waals surface area contributed by atoms with E-state index in [-0.39, 0.29) is 19.0 Å². The van der Waals surface area contributed by atoms with Crippen molar-refractivity contribution in [3.8, 4) is 0 Å². The van der Waals surface area contributed by atoms with Gasteiger partial charge >= 0.3 is 11.9 Å². The Hall–Kier alpha value is -3.15. The molecule has 0 radical (unpaired) electrons. The van der Waals surface area contributed by atoms with Crippen molar-refractivity contribution in [2.24, 2.45) is 0 Å². The van der Waals surface area contributed by atoms with Crippen LogP contribution in [0.2, 0.25) is 0 Å². The van der Waals surface area contributed by atoms with Crippen LogP contribution in [0.5, 0.6) is 0 Å². The highest BCUT2D eigenvalue weighted by Gasteiger charge is 2.20. The number of esters is 2. The van der Waals surface area contributed by atoms with Gasteiger partial charge in [-0.1, -0.05) is 24.3 Å². The maximum atomic E-state index is 12.9. The second kappa shape index (κ2) is 8.80. The molecule has 136 valence electrons. The third kappa shape index (κ3) is 4.69. The van der Waals surface area contributed by atoms with E-state index in [1.165, 1.54) is 43.4 Å². The third-order valence-corrected chi connectivity index (χ3v) is 4.01. The molecule has 0 saturated heterocycles. The summed E-state index contributed by atoms with van der Waals surface area (Å²) in [6, 6.07) is 13.8. The summed E-state index contributed by atoms with van der Waals surface area (Å²) in [6.07, 6.45) is 0. The lowest BCUT2D eigenvalue weighted by atomic mass is 10.1. The Balaban J connectivity index is 2.26. The molecule has 2 rings (SSSR count). The molecule has 0 N–H and O–H groups in total. The van der Waals surface area contributed by atoms with Crippen LogP contribution < -0.4 is 0 Å². The number of hydrogen-bond donors (Lipinski definition) is 0. The molecular formula is C20H21NO5.